The Bertz CT molecular complexity index is 427. The van der Waals surface area contributed by atoms with Crippen molar-refractivity contribution in [3.8, 4) is 0 Å². The Labute approximate surface area is 120 Å². The van der Waals surface area contributed by atoms with Gasteiger partial charge in [0.25, 0.3) is 0 Å². The summed E-state index contributed by atoms with van der Waals surface area (Å²) in [6.07, 6.45) is 3.92. The van der Waals surface area contributed by atoms with Crippen LogP contribution >= 0.6 is 0 Å². The highest BCUT2D eigenvalue weighted by atomic mass is 19.1. The number of rotatable bonds is 5. The summed E-state index contributed by atoms with van der Waals surface area (Å²) in [7, 11) is 0. The van der Waals surface area contributed by atoms with Crippen LogP contribution in [0.25, 0.3) is 0 Å². The third kappa shape index (κ3) is 4.04. The lowest BCUT2D eigenvalue weighted by Gasteiger charge is -2.25. The molecule has 2 rings (SSSR count). The zero-order valence-corrected chi connectivity index (χ0v) is 12.1. The summed E-state index contributed by atoms with van der Waals surface area (Å²) in [5, 5.41) is 3.37. The number of carbonyl (C=O) groups excluding carboxylic acids is 1. The highest BCUT2D eigenvalue weighted by molar-refractivity contribution is 5.93. The molecular formula is C16H23FN2O. The van der Waals surface area contributed by atoms with Gasteiger partial charge in [0.05, 0.1) is 0 Å². The Morgan fingerprint density at radius 1 is 1.40 bits per heavy atom. The fourth-order valence-corrected chi connectivity index (χ4v) is 2.76. The van der Waals surface area contributed by atoms with E-state index in [2.05, 4.69) is 5.32 Å². The molecule has 1 amide bonds. The van der Waals surface area contributed by atoms with Crippen molar-refractivity contribution in [3.05, 3.63) is 30.1 Å². The first-order chi connectivity index (χ1) is 9.70. The van der Waals surface area contributed by atoms with E-state index >= 15 is 0 Å². The first-order valence-electron chi connectivity index (χ1n) is 7.47. The van der Waals surface area contributed by atoms with E-state index in [0.717, 1.165) is 25.2 Å². The normalized spacial score (nSPS) is 18.8. The molecule has 1 aliphatic heterocycles. The average molecular weight is 278 g/mol. The van der Waals surface area contributed by atoms with Crippen molar-refractivity contribution in [1.29, 1.82) is 0 Å². The molecule has 4 heteroatoms. The summed E-state index contributed by atoms with van der Waals surface area (Å²) in [6.45, 7) is 4.69. The fourth-order valence-electron chi connectivity index (χ4n) is 2.76. The predicted molar refractivity (Wildman–Crippen MR) is 79.3 cm³/mol. The lowest BCUT2D eigenvalue weighted by molar-refractivity contribution is -0.118. The van der Waals surface area contributed by atoms with Gasteiger partial charge >= 0.3 is 0 Å². The number of nitrogens with one attached hydrogen (secondary N) is 1. The number of nitrogens with zero attached hydrogens (tertiary/aromatic N) is 1. The van der Waals surface area contributed by atoms with Crippen LogP contribution < -0.4 is 10.2 Å². The van der Waals surface area contributed by atoms with Crippen LogP contribution in [0.3, 0.4) is 0 Å². The first-order valence-corrected chi connectivity index (χ1v) is 7.47. The molecule has 0 saturated carbocycles. The number of halogens is 1. The monoisotopic (exact) mass is 278 g/mol. The summed E-state index contributed by atoms with van der Waals surface area (Å²) < 4.78 is 12.9. The highest BCUT2D eigenvalue weighted by Gasteiger charge is 2.18. The van der Waals surface area contributed by atoms with Crippen molar-refractivity contribution in [1.82, 2.24) is 5.32 Å². The van der Waals surface area contributed by atoms with Crippen molar-refractivity contribution in [2.75, 3.05) is 24.5 Å². The molecule has 1 fully saturated rings. The van der Waals surface area contributed by atoms with Crippen LogP contribution in [0.5, 0.6) is 0 Å². The molecule has 1 atom stereocenters. The van der Waals surface area contributed by atoms with Crippen molar-refractivity contribution in [2.24, 2.45) is 5.92 Å². The Morgan fingerprint density at radius 2 is 2.15 bits per heavy atom. The van der Waals surface area contributed by atoms with Gasteiger partial charge in [0.1, 0.15) is 5.82 Å². The molecule has 1 heterocycles. The van der Waals surface area contributed by atoms with Gasteiger partial charge in [0, 0.05) is 18.7 Å². The van der Waals surface area contributed by atoms with E-state index in [9.17, 15) is 9.18 Å². The number of benzene rings is 1. The van der Waals surface area contributed by atoms with Crippen LogP contribution in [0, 0.1) is 11.7 Å². The minimum atomic E-state index is -0.273. The van der Waals surface area contributed by atoms with E-state index in [1.165, 1.54) is 25.0 Å². The zero-order chi connectivity index (χ0) is 14.4. The minimum Gasteiger partial charge on any atom is -0.316 e. The van der Waals surface area contributed by atoms with Gasteiger partial charge in [-0.2, -0.15) is 0 Å². The first kappa shape index (κ1) is 15.0. The van der Waals surface area contributed by atoms with Crippen molar-refractivity contribution < 1.29 is 9.18 Å². The SMILES string of the molecule is CCN(C(=O)CCC1CCCNC1)c1ccc(F)cc1. The van der Waals surface area contributed by atoms with Gasteiger partial charge in [0.15, 0.2) is 0 Å². The molecule has 1 unspecified atom stereocenters. The van der Waals surface area contributed by atoms with Crippen LogP contribution in [-0.4, -0.2) is 25.5 Å². The topological polar surface area (TPSA) is 32.3 Å². The molecule has 0 aromatic heterocycles. The van der Waals surface area contributed by atoms with E-state index in [-0.39, 0.29) is 11.7 Å². The maximum absolute atomic E-state index is 12.9. The summed E-state index contributed by atoms with van der Waals surface area (Å²) in [5.74, 6) is 0.467. The van der Waals surface area contributed by atoms with E-state index in [4.69, 9.17) is 0 Å². The molecule has 1 aliphatic rings. The molecule has 1 N–H and O–H groups in total. The van der Waals surface area contributed by atoms with E-state index in [1.807, 2.05) is 6.92 Å². The summed E-state index contributed by atoms with van der Waals surface area (Å²) >= 11 is 0. The van der Waals surface area contributed by atoms with E-state index in [1.54, 1.807) is 17.0 Å². The number of hydrogen-bond acceptors (Lipinski definition) is 2. The Hall–Kier alpha value is -1.42. The number of amides is 1. The van der Waals surface area contributed by atoms with Crippen LogP contribution in [0.15, 0.2) is 24.3 Å². The molecule has 0 spiro atoms. The van der Waals surface area contributed by atoms with Crippen LogP contribution in [-0.2, 0) is 4.79 Å². The van der Waals surface area contributed by atoms with Gasteiger partial charge in [0.2, 0.25) is 5.91 Å². The van der Waals surface area contributed by atoms with Crippen LogP contribution in [0.2, 0.25) is 0 Å². The van der Waals surface area contributed by atoms with Gasteiger partial charge < -0.3 is 10.2 Å². The Morgan fingerprint density at radius 3 is 2.75 bits per heavy atom. The predicted octanol–water partition coefficient (Wildman–Crippen LogP) is 2.96. The fraction of sp³-hybridized carbons (Fsp3) is 0.562. The average Bonchev–Trinajstić information content (AvgIpc) is 2.49. The third-order valence-electron chi connectivity index (χ3n) is 3.92. The van der Waals surface area contributed by atoms with E-state index in [0.29, 0.717) is 18.9 Å². The largest absolute Gasteiger partial charge is 0.316 e. The smallest absolute Gasteiger partial charge is 0.226 e. The van der Waals surface area contributed by atoms with Gasteiger partial charge in [-0.05, 0) is 69.5 Å². The van der Waals surface area contributed by atoms with Gasteiger partial charge in [-0.15, -0.1) is 0 Å². The summed E-state index contributed by atoms with van der Waals surface area (Å²) in [4.78, 5) is 14.0. The minimum absolute atomic E-state index is 0.129. The highest BCUT2D eigenvalue weighted by Crippen LogP contribution is 2.20. The zero-order valence-electron chi connectivity index (χ0n) is 12.1. The summed E-state index contributed by atoms with van der Waals surface area (Å²) in [5.41, 5.74) is 0.778. The lowest BCUT2D eigenvalue weighted by Crippen LogP contribution is -2.33. The molecule has 20 heavy (non-hydrogen) atoms. The molecule has 0 aliphatic carbocycles. The molecule has 1 aromatic carbocycles. The second kappa shape index (κ2) is 7.39. The van der Waals surface area contributed by atoms with Crippen LogP contribution in [0.4, 0.5) is 10.1 Å². The second-order valence-electron chi connectivity index (χ2n) is 5.37. The lowest BCUT2D eigenvalue weighted by atomic mass is 9.94. The molecule has 0 bridgehead atoms. The van der Waals surface area contributed by atoms with Gasteiger partial charge in [-0.25, -0.2) is 4.39 Å². The summed E-state index contributed by atoms with van der Waals surface area (Å²) in [6, 6.07) is 6.13. The standard InChI is InChI=1S/C16H23FN2O/c1-2-19(15-8-6-14(17)7-9-15)16(20)10-5-13-4-3-11-18-12-13/h6-9,13,18H,2-5,10-12H2,1H3. The van der Waals surface area contributed by atoms with Crippen molar-refractivity contribution in [2.45, 2.75) is 32.6 Å². The molecule has 3 nitrogen and oxygen atoms in total. The van der Waals surface area contributed by atoms with Gasteiger partial charge in [-0.1, -0.05) is 0 Å². The quantitative estimate of drug-likeness (QED) is 0.898. The molecule has 110 valence electrons. The second-order valence-corrected chi connectivity index (χ2v) is 5.37. The number of piperidine rings is 1. The molecule has 0 radical (unpaired) electrons. The van der Waals surface area contributed by atoms with Gasteiger partial charge in [-0.3, -0.25) is 4.79 Å². The number of carbonyl (C=O) groups is 1. The third-order valence-corrected chi connectivity index (χ3v) is 3.92. The molecule has 1 saturated heterocycles. The van der Waals surface area contributed by atoms with E-state index < -0.39 is 0 Å². The molecule has 1 aromatic rings. The maximum atomic E-state index is 12.9. The Kier molecular flexibility index (Phi) is 5.53. The maximum Gasteiger partial charge on any atom is 0.226 e. The van der Waals surface area contributed by atoms with Crippen molar-refractivity contribution in [3.63, 3.8) is 0 Å². The number of anilines is 1. The molecular weight excluding hydrogens is 255 g/mol. The van der Waals surface area contributed by atoms with Crippen LogP contribution in [0.1, 0.15) is 32.6 Å². The Balaban J connectivity index is 1.89. The van der Waals surface area contributed by atoms with Crippen molar-refractivity contribution >= 4 is 11.6 Å². The number of hydrogen-bond donors (Lipinski definition) is 1.